The van der Waals surface area contributed by atoms with Gasteiger partial charge in [0.2, 0.25) is 0 Å². The standard InChI is InChI=1S/C10H16N4O/c1-13(2)12-10(15)9-5-7(11)6-14(9)8-3-4-8/h5-6,8H,3-4,11H2,1-2H3,(H,12,15). The summed E-state index contributed by atoms with van der Waals surface area (Å²) in [5.74, 6) is -0.108. The van der Waals surface area contributed by atoms with Crippen LogP contribution in [0, 0.1) is 0 Å². The predicted molar refractivity (Wildman–Crippen MR) is 58.3 cm³/mol. The lowest BCUT2D eigenvalue weighted by atomic mass is 10.4. The van der Waals surface area contributed by atoms with Gasteiger partial charge in [0.1, 0.15) is 5.69 Å². The largest absolute Gasteiger partial charge is 0.397 e. The first-order valence-corrected chi connectivity index (χ1v) is 5.03. The Bertz CT molecular complexity index is 379. The van der Waals surface area contributed by atoms with Crippen LogP contribution in [0.1, 0.15) is 29.4 Å². The van der Waals surface area contributed by atoms with Gasteiger partial charge in [0.05, 0.1) is 5.69 Å². The molecule has 5 heteroatoms. The smallest absolute Gasteiger partial charge is 0.282 e. The molecule has 1 fully saturated rings. The Morgan fingerprint density at radius 3 is 2.80 bits per heavy atom. The second kappa shape index (κ2) is 3.58. The van der Waals surface area contributed by atoms with E-state index in [1.54, 1.807) is 25.2 Å². The summed E-state index contributed by atoms with van der Waals surface area (Å²) in [6.45, 7) is 0. The summed E-state index contributed by atoms with van der Waals surface area (Å²) < 4.78 is 1.97. The summed E-state index contributed by atoms with van der Waals surface area (Å²) in [7, 11) is 3.57. The molecule has 0 radical (unpaired) electrons. The van der Waals surface area contributed by atoms with Crippen molar-refractivity contribution < 1.29 is 4.79 Å². The fourth-order valence-corrected chi connectivity index (χ4v) is 1.60. The first kappa shape index (κ1) is 10.0. The van der Waals surface area contributed by atoms with E-state index in [9.17, 15) is 4.79 Å². The number of hydrogen-bond donors (Lipinski definition) is 2. The normalized spacial score (nSPS) is 15.7. The maximum atomic E-state index is 11.8. The number of nitrogens with two attached hydrogens (primary N) is 1. The van der Waals surface area contributed by atoms with Crippen molar-refractivity contribution in [2.24, 2.45) is 0 Å². The molecule has 1 aliphatic carbocycles. The van der Waals surface area contributed by atoms with Crippen LogP contribution in [0.4, 0.5) is 5.69 Å². The van der Waals surface area contributed by atoms with Crippen molar-refractivity contribution in [1.82, 2.24) is 15.0 Å². The van der Waals surface area contributed by atoms with Gasteiger partial charge >= 0.3 is 0 Å². The van der Waals surface area contributed by atoms with Gasteiger partial charge in [-0.3, -0.25) is 10.2 Å². The number of nitrogens with one attached hydrogen (secondary N) is 1. The van der Waals surface area contributed by atoms with Crippen LogP contribution >= 0.6 is 0 Å². The molecule has 0 atom stereocenters. The van der Waals surface area contributed by atoms with Crippen LogP contribution in [0.2, 0.25) is 0 Å². The van der Waals surface area contributed by atoms with E-state index >= 15 is 0 Å². The van der Waals surface area contributed by atoms with Crippen LogP contribution in [0.15, 0.2) is 12.3 Å². The van der Waals surface area contributed by atoms with Gasteiger partial charge in [0.15, 0.2) is 0 Å². The Morgan fingerprint density at radius 2 is 2.27 bits per heavy atom. The fourth-order valence-electron chi connectivity index (χ4n) is 1.60. The van der Waals surface area contributed by atoms with Gasteiger partial charge in [-0.1, -0.05) is 0 Å². The highest BCUT2D eigenvalue weighted by molar-refractivity contribution is 5.93. The zero-order valence-corrected chi connectivity index (χ0v) is 9.03. The number of anilines is 1. The zero-order chi connectivity index (χ0) is 11.0. The molecule has 0 spiro atoms. The SMILES string of the molecule is CN(C)NC(=O)c1cc(N)cn1C1CC1. The molecule has 1 saturated carbocycles. The highest BCUT2D eigenvalue weighted by Gasteiger charge is 2.27. The van der Waals surface area contributed by atoms with Crippen molar-refractivity contribution in [2.75, 3.05) is 19.8 Å². The van der Waals surface area contributed by atoms with Crippen LogP contribution in [0.25, 0.3) is 0 Å². The van der Waals surface area contributed by atoms with Gasteiger partial charge in [0, 0.05) is 26.3 Å². The van der Waals surface area contributed by atoms with E-state index < -0.39 is 0 Å². The van der Waals surface area contributed by atoms with Gasteiger partial charge < -0.3 is 10.3 Å². The zero-order valence-electron chi connectivity index (χ0n) is 9.03. The maximum Gasteiger partial charge on any atom is 0.282 e. The molecule has 0 aliphatic heterocycles. The van der Waals surface area contributed by atoms with Gasteiger partial charge in [-0.2, -0.15) is 0 Å². The van der Waals surface area contributed by atoms with Crippen LogP contribution in [0.5, 0.6) is 0 Å². The minimum absolute atomic E-state index is 0.108. The number of amides is 1. The third kappa shape index (κ3) is 2.12. The number of nitrogens with zero attached hydrogens (tertiary/aromatic N) is 2. The summed E-state index contributed by atoms with van der Waals surface area (Å²) in [5.41, 5.74) is 9.70. The summed E-state index contributed by atoms with van der Waals surface area (Å²) in [6.07, 6.45) is 4.11. The van der Waals surface area contributed by atoms with Crippen LogP contribution < -0.4 is 11.2 Å². The van der Waals surface area contributed by atoms with Crippen molar-refractivity contribution in [1.29, 1.82) is 0 Å². The number of hydrazine groups is 1. The summed E-state index contributed by atoms with van der Waals surface area (Å²) in [6, 6.07) is 2.18. The molecule has 1 aromatic heterocycles. The van der Waals surface area contributed by atoms with Gasteiger partial charge in [-0.25, -0.2) is 5.01 Å². The molecule has 3 N–H and O–H groups in total. The van der Waals surface area contributed by atoms with Crippen molar-refractivity contribution in [3.63, 3.8) is 0 Å². The number of aromatic nitrogens is 1. The third-order valence-electron chi connectivity index (χ3n) is 2.37. The summed E-state index contributed by atoms with van der Waals surface area (Å²) in [4.78, 5) is 11.8. The highest BCUT2D eigenvalue weighted by Crippen LogP contribution is 2.37. The molecular formula is C10H16N4O. The second-order valence-electron chi connectivity index (χ2n) is 4.13. The Balaban J connectivity index is 2.22. The minimum Gasteiger partial charge on any atom is -0.397 e. The monoisotopic (exact) mass is 208 g/mol. The molecule has 1 aromatic rings. The van der Waals surface area contributed by atoms with E-state index in [-0.39, 0.29) is 5.91 Å². The van der Waals surface area contributed by atoms with E-state index in [4.69, 9.17) is 5.73 Å². The predicted octanol–water partition coefficient (Wildman–Crippen LogP) is 0.612. The van der Waals surface area contributed by atoms with E-state index in [1.165, 1.54) is 0 Å². The Labute approximate surface area is 88.8 Å². The Kier molecular flexibility index (Phi) is 2.40. The highest BCUT2D eigenvalue weighted by atomic mass is 16.2. The number of carbonyl (C=O) groups is 1. The molecule has 1 heterocycles. The van der Waals surface area contributed by atoms with Gasteiger partial charge in [-0.05, 0) is 18.9 Å². The van der Waals surface area contributed by atoms with Crippen LogP contribution in [0.3, 0.4) is 0 Å². The van der Waals surface area contributed by atoms with Crippen molar-refractivity contribution in [3.05, 3.63) is 18.0 Å². The summed E-state index contributed by atoms with van der Waals surface area (Å²) >= 11 is 0. The summed E-state index contributed by atoms with van der Waals surface area (Å²) in [5, 5.41) is 1.63. The number of hydrogen-bond acceptors (Lipinski definition) is 3. The lowest BCUT2D eigenvalue weighted by molar-refractivity contribution is 0.0847. The Morgan fingerprint density at radius 1 is 1.60 bits per heavy atom. The maximum absolute atomic E-state index is 11.8. The average Bonchev–Trinajstić information content (AvgIpc) is 2.88. The van der Waals surface area contributed by atoms with Crippen molar-refractivity contribution >= 4 is 11.6 Å². The number of carbonyl (C=O) groups excluding carboxylic acids is 1. The lowest BCUT2D eigenvalue weighted by Gasteiger charge is -2.13. The molecule has 1 aliphatic rings. The van der Waals surface area contributed by atoms with Gasteiger partial charge in [0.25, 0.3) is 5.91 Å². The molecular weight excluding hydrogens is 192 g/mol. The second-order valence-corrected chi connectivity index (χ2v) is 4.13. The molecule has 15 heavy (non-hydrogen) atoms. The molecule has 0 bridgehead atoms. The van der Waals surface area contributed by atoms with E-state index in [0.717, 1.165) is 12.8 Å². The molecule has 0 unspecified atom stereocenters. The van der Waals surface area contributed by atoms with E-state index in [0.29, 0.717) is 17.4 Å². The van der Waals surface area contributed by atoms with Crippen molar-refractivity contribution in [2.45, 2.75) is 18.9 Å². The average molecular weight is 208 g/mol. The molecule has 1 amide bonds. The van der Waals surface area contributed by atoms with E-state index in [1.807, 2.05) is 10.8 Å². The molecule has 2 rings (SSSR count). The molecule has 0 saturated heterocycles. The lowest BCUT2D eigenvalue weighted by Crippen LogP contribution is -2.37. The molecule has 0 aromatic carbocycles. The minimum atomic E-state index is -0.108. The topological polar surface area (TPSA) is 63.3 Å². The van der Waals surface area contributed by atoms with Gasteiger partial charge in [-0.15, -0.1) is 0 Å². The Hall–Kier alpha value is -1.49. The first-order valence-electron chi connectivity index (χ1n) is 5.03. The number of rotatable bonds is 3. The van der Waals surface area contributed by atoms with Crippen LogP contribution in [-0.4, -0.2) is 29.6 Å². The number of nitrogen functional groups attached to an aromatic ring is 1. The molecule has 82 valence electrons. The fraction of sp³-hybridized carbons (Fsp3) is 0.500. The molecule has 5 nitrogen and oxygen atoms in total. The first-order chi connectivity index (χ1) is 7.08. The van der Waals surface area contributed by atoms with Crippen molar-refractivity contribution in [3.8, 4) is 0 Å². The van der Waals surface area contributed by atoms with Crippen LogP contribution in [-0.2, 0) is 0 Å². The quantitative estimate of drug-likeness (QED) is 0.715. The van der Waals surface area contributed by atoms with E-state index in [2.05, 4.69) is 5.43 Å². The third-order valence-corrected chi connectivity index (χ3v) is 2.37.